The first-order valence-corrected chi connectivity index (χ1v) is 24.0. The van der Waals surface area contributed by atoms with Crippen LogP contribution in [0.4, 0.5) is 11.4 Å². The smallest absolute Gasteiger partial charge is 0.335 e. The lowest BCUT2D eigenvalue weighted by Gasteiger charge is -2.33. The number of ketones is 2. The Bertz CT molecular complexity index is 2880. The topological polar surface area (TPSA) is 74.7 Å². The standard InChI is InChI=1S/C55H51NO4S2/c1-5-7-25-55(26-8-6-2)44-16-10-9-13-37(44)41-31-36(21-23-45(41)55)56-46-17-11-14-38(46)42-29-34(20-24-47(42)56)49-28-33(4)53(62-49)50-27-32(3)48(61-50)18-12-15-40-51(57)39-22-19-35(54(59)60)30-43(39)52(40)58/h9-10,12-13,15-16,18-24,27-31,38,46H,5-8,11,14,17,25-26H2,1-4H3,(H,59,60)/b18-12+,40-15+. The Hall–Kier alpha value is -5.63. The summed E-state index contributed by atoms with van der Waals surface area (Å²) in [6.45, 7) is 8.93. The van der Waals surface area contributed by atoms with E-state index in [-0.39, 0.29) is 33.5 Å². The molecule has 1 aliphatic heterocycles. The third-order valence-electron chi connectivity index (χ3n) is 14.1. The molecule has 4 aromatic carbocycles. The van der Waals surface area contributed by atoms with Crippen molar-refractivity contribution in [3.8, 4) is 31.3 Å². The molecule has 2 unspecified atom stereocenters. The van der Waals surface area contributed by atoms with Crippen LogP contribution in [0.3, 0.4) is 0 Å². The zero-order chi connectivity index (χ0) is 42.9. The quantitative estimate of drug-likeness (QED) is 0.0980. The number of fused-ring (bicyclic) bond motifs is 7. The third-order valence-corrected chi connectivity index (χ3v) is 16.7. The molecule has 0 amide bonds. The second kappa shape index (κ2) is 15.9. The number of carbonyl (C=O) groups excluding carboxylic acids is 2. The van der Waals surface area contributed by atoms with E-state index in [1.165, 1.54) is 141 Å². The van der Waals surface area contributed by atoms with Crippen molar-refractivity contribution < 1.29 is 19.5 Å². The van der Waals surface area contributed by atoms with Crippen LogP contribution in [0.2, 0.25) is 0 Å². The van der Waals surface area contributed by atoms with Crippen LogP contribution in [0.25, 0.3) is 37.4 Å². The van der Waals surface area contributed by atoms with Crippen LogP contribution < -0.4 is 4.90 Å². The Morgan fingerprint density at radius 3 is 2.32 bits per heavy atom. The minimum atomic E-state index is -1.13. The summed E-state index contributed by atoms with van der Waals surface area (Å²) >= 11 is 3.55. The maximum atomic E-state index is 13.1. The van der Waals surface area contributed by atoms with Gasteiger partial charge in [0.15, 0.2) is 11.6 Å². The Morgan fingerprint density at radius 1 is 0.774 bits per heavy atom. The van der Waals surface area contributed by atoms with Gasteiger partial charge in [0, 0.05) is 59.4 Å². The summed E-state index contributed by atoms with van der Waals surface area (Å²) in [5.41, 5.74) is 14.3. The van der Waals surface area contributed by atoms with E-state index in [0.29, 0.717) is 12.0 Å². The summed E-state index contributed by atoms with van der Waals surface area (Å²) < 4.78 is 0. The molecule has 1 fully saturated rings. The Labute approximate surface area is 372 Å². The number of rotatable bonds is 12. The van der Waals surface area contributed by atoms with Crippen molar-refractivity contribution in [2.45, 2.75) is 103 Å². The number of nitrogens with zero attached hydrogens (tertiary/aromatic N) is 1. The predicted molar refractivity (Wildman–Crippen MR) is 256 cm³/mol. The van der Waals surface area contributed by atoms with Crippen LogP contribution in [-0.2, 0) is 5.41 Å². The normalized spacial score (nSPS) is 18.8. The van der Waals surface area contributed by atoms with Crippen LogP contribution in [0.1, 0.15) is 141 Å². The molecule has 0 radical (unpaired) electrons. The van der Waals surface area contributed by atoms with E-state index < -0.39 is 11.8 Å². The van der Waals surface area contributed by atoms with E-state index >= 15 is 0 Å². The lowest BCUT2D eigenvalue weighted by atomic mass is 9.71. The van der Waals surface area contributed by atoms with Crippen LogP contribution in [-0.4, -0.2) is 28.7 Å². The highest BCUT2D eigenvalue weighted by atomic mass is 32.1. The van der Waals surface area contributed by atoms with Gasteiger partial charge in [0.05, 0.1) is 11.1 Å². The summed E-state index contributed by atoms with van der Waals surface area (Å²) in [4.78, 5) is 45.0. The van der Waals surface area contributed by atoms with Gasteiger partial charge in [-0.1, -0.05) is 88.4 Å². The summed E-state index contributed by atoms with van der Waals surface area (Å²) in [6, 6.07) is 33.1. The van der Waals surface area contributed by atoms with E-state index in [1.807, 2.05) is 17.4 Å². The number of unbranched alkanes of at least 4 members (excludes halogenated alkanes) is 2. The summed E-state index contributed by atoms with van der Waals surface area (Å²) in [5, 5.41) is 9.36. The van der Waals surface area contributed by atoms with Gasteiger partial charge in [0.25, 0.3) is 0 Å². The second-order valence-corrected chi connectivity index (χ2v) is 19.9. The molecule has 0 bridgehead atoms. The van der Waals surface area contributed by atoms with E-state index in [4.69, 9.17) is 0 Å². The van der Waals surface area contributed by atoms with Crippen LogP contribution >= 0.6 is 22.7 Å². The molecule has 62 heavy (non-hydrogen) atoms. The molecule has 1 saturated carbocycles. The van der Waals surface area contributed by atoms with E-state index in [1.54, 1.807) is 23.5 Å². The van der Waals surface area contributed by atoms with Crippen molar-refractivity contribution in [2.75, 3.05) is 4.90 Å². The third kappa shape index (κ3) is 6.50. The molecule has 5 nitrogen and oxygen atoms in total. The lowest BCUT2D eigenvalue weighted by Crippen LogP contribution is -2.27. The molecule has 312 valence electrons. The lowest BCUT2D eigenvalue weighted by molar-refractivity contribution is 0.0696. The maximum Gasteiger partial charge on any atom is 0.335 e. The zero-order valence-corrected chi connectivity index (χ0v) is 37.5. The van der Waals surface area contributed by atoms with Gasteiger partial charge in [0.2, 0.25) is 0 Å². The van der Waals surface area contributed by atoms with Gasteiger partial charge < -0.3 is 10.0 Å². The number of aryl methyl sites for hydroxylation is 2. The van der Waals surface area contributed by atoms with Gasteiger partial charge in [0.1, 0.15) is 0 Å². The number of thiophene rings is 2. The van der Waals surface area contributed by atoms with Crippen LogP contribution in [0.15, 0.2) is 109 Å². The SMILES string of the molecule is CCCCC1(CCCC)c2ccccc2-c2cc(N3c4ccc(-c5cc(C)c(-c6cc(C)c(/C=C/C=C7\C(=O)c8ccc(C(=O)O)cc8C7=O)s6)s5)cc4C4CCCC43)ccc21. The number of carboxylic acid groups (broad SMARTS) is 1. The van der Waals surface area contributed by atoms with Crippen molar-refractivity contribution in [3.63, 3.8) is 0 Å². The monoisotopic (exact) mass is 853 g/mol. The van der Waals surface area contributed by atoms with Crippen LogP contribution in [0, 0.1) is 13.8 Å². The summed E-state index contributed by atoms with van der Waals surface area (Å²) in [7, 11) is 0. The molecule has 2 atom stereocenters. The average molecular weight is 854 g/mol. The van der Waals surface area contributed by atoms with Crippen molar-refractivity contribution in [2.24, 2.45) is 0 Å². The number of allylic oxidation sites excluding steroid dienone is 3. The highest BCUT2D eigenvalue weighted by Gasteiger charge is 2.45. The van der Waals surface area contributed by atoms with Crippen LogP contribution in [0.5, 0.6) is 0 Å². The molecule has 3 aliphatic carbocycles. The van der Waals surface area contributed by atoms with Gasteiger partial charge in [-0.2, -0.15) is 0 Å². The van der Waals surface area contributed by atoms with Gasteiger partial charge in [-0.15, -0.1) is 22.7 Å². The minimum absolute atomic E-state index is 0.00984. The average Bonchev–Trinajstić information content (AvgIpc) is 4.13. The molecule has 0 spiro atoms. The Balaban J connectivity index is 0.928. The summed E-state index contributed by atoms with van der Waals surface area (Å²) in [5.74, 6) is -1.42. The van der Waals surface area contributed by atoms with Crippen molar-refractivity contribution in [1.29, 1.82) is 0 Å². The van der Waals surface area contributed by atoms with E-state index in [0.717, 1.165) is 10.4 Å². The number of Topliss-reactive ketones (excluding diaryl/α,β-unsaturated/α-hetero) is 2. The Morgan fingerprint density at radius 2 is 1.53 bits per heavy atom. The van der Waals surface area contributed by atoms with Gasteiger partial charge in [-0.05, 0) is 151 Å². The molecule has 0 saturated heterocycles. The molecule has 1 N–H and O–H groups in total. The first-order valence-electron chi connectivity index (χ1n) is 22.4. The van der Waals surface area contributed by atoms with E-state index in [9.17, 15) is 19.5 Å². The highest BCUT2D eigenvalue weighted by molar-refractivity contribution is 7.24. The molecule has 7 heteroatoms. The summed E-state index contributed by atoms with van der Waals surface area (Å²) in [6.07, 6.45) is 16.3. The van der Waals surface area contributed by atoms with Crippen molar-refractivity contribution in [1.82, 2.24) is 0 Å². The van der Waals surface area contributed by atoms with E-state index in [2.05, 4.69) is 105 Å². The number of hydrogen-bond donors (Lipinski definition) is 1. The first-order chi connectivity index (χ1) is 30.1. The fourth-order valence-corrected chi connectivity index (χ4v) is 13.5. The maximum absolute atomic E-state index is 13.1. The molecule has 2 aromatic heterocycles. The van der Waals surface area contributed by atoms with Crippen molar-refractivity contribution >= 4 is 57.7 Å². The molecule has 4 aliphatic rings. The minimum Gasteiger partial charge on any atom is -0.478 e. The predicted octanol–water partition coefficient (Wildman–Crippen LogP) is 14.9. The number of aromatic carboxylic acids is 1. The first kappa shape index (κ1) is 40.4. The van der Waals surface area contributed by atoms with Gasteiger partial charge >= 0.3 is 5.97 Å². The number of carboxylic acids is 1. The number of carbonyl (C=O) groups is 3. The number of anilines is 2. The van der Waals surface area contributed by atoms with Crippen molar-refractivity contribution in [3.05, 3.63) is 158 Å². The fraction of sp³-hybridized carbons (Fsp3) is 0.291. The molecule has 6 aromatic rings. The fourth-order valence-electron chi connectivity index (χ4n) is 11.1. The number of hydrogen-bond acceptors (Lipinski definition) is 6. The Kier molecular flexibility index (Phi) is 10.4. The second-order valence-electron chi connectivity index (χ2n) is 17.8. The van der Waals surface area contributed by atoms with Gasteiger partial charge in [-0.25, -0.2) is 4.79 Å². The number of benzene rings is 4. The zero-order valence-electron chi connectivity index (χ0n) is 35.8. The highest BCUT2D eigenvalue weighted by Crippen LogP contribution is 2.58. The van der Waals surface area contributed by atoms with Gasteiger partial charge in [-0.3, -0.25) is 9.59 Å². The molecular weight excluding hydrogens is 803 g/mol. The largest absolute Gasteiger partial charge is 0.478 e. The molecular formula is C55H51NO4S2. The molecule has 10 rings (SSSR count). The molecule has 3 heterocycles.